The SMILES string of the molecule is CCCOc1ccc(C(F)(F)F)c2cc(O)cnc12. The maximum absolute atomic E-state index is 12.9. The zero-order valence-electron chi connectivity index (χ0n) is 10.2. The Hall–Kier alpha value is -1.98. The van der Waals surface area contributed by atoms with Crippen LogP contribution in [-0.4, -0.2) is 16.7 Å². The van der Waals surface area contributed by atoms with Gasteiger partial charge in [-0.1, -0.05) is 6.92 Å². The molecule has 0 amide bonds. The molecule has 0 aliphatic carbocycles. The largest absolute Gasteiger partial charge is 0.506 e. The zero-order valence-corrected chi connectivity index (χ0v) is 10.2. The number of hydrogen-bond donors (Lipinski definition) is 1. The number of alkyl halides is 3. The number of nitrogens with zero attached hydrogens (tertiary/aromatic N) is 1. The maximum atomic E-state index is 12.9. The second-order valence-corrected chi connectivity index (χ2v) is 4.05. The molecule has 0 saturated heterocycles. The van der Waals surface area contributed by atoms with E-state index in [1.54, 1.807) is 0 Å². The number of aromatic nitrogens is 1. The third-order valence-corrected chi connectivity index (χ3v) is 2.57. The summed E-state index contributed by atoms with van der Waals surface area (Å²) in [6.45, 7) is 2.29. The minimum absolute atomic E-state index is 0.0982. The van der Waals surface area contributed by atoms with Gasteiger partial charge in [-0.3, -0.25) is 0 Å². The minimum Gasteiger partial charge on any atom is -0.506 e. The van der Waals surface area contributed by atoms with E-state index in [1.807, 2.05) is 6.92 Å². The minimum atomic E-state index is -4.50. The summed E-state index contributed by atoms with van der Waals surface area (Å²) in [7, 11) is 0. The van der Waals surface area contributed by atoms with Crippen LogP contribution in [-0.2, 0) is 6.18 Å². The van der Waals surface area contributed by atoms with Crippen molar-refractivity contribution in [3.8, 4) is 11.5 Å². The van der Waals surface area contributed by atoms with Crippen LogP contribution < -0.4 is 4.74 Å². The van der Waals surface area contributed by atoms with Crippen molar-refractivity contribution in [1.82, 2.24) is 4.98 Å². The Morgan fingerprint density at radius 2 is 2.05 bits per heavy atom. The van der Waals surface area contributed by atoms with Crippen LogP contribution in [0.25, 0.3) is 10.9 Å². The monoisotopic (exact) mass is 271 g/mol. The summed E-state index contributed by atoms with van der Waals surface area (Å²) >= 11 is 0. The van der Waals surface area contributed by atoms with Crippen molar-refractivity contribution in [3.05, 3.63) is 30.0 Å². The summed E-state index contributed by atoms with van der Waals surface area (Å²) in [4.78, 5) is 3.83. The summed E-state index contributed by atoms with van der Waals surface area (Å²) in [5.41, 5.74) is -0.740. The highest BCUT2D eigenvalue weighted by atomic mass is 19.4. The Labute approximate surface area is 107 Å². The number of rotatable bonds is 3. The molecule has 0 atom stereocenters. The first-order valence-electron chi connectivity index (χ1n) is 5.75. The smallest absolute Gasteiger partial charge is 0.417 e. The molecule has 1 aromatic heterocycles. The Morgan fingerprint density at radius 1 is 1.32 bits per heavy atom. The molecule has 1 N–H and O–H groups in total. The highest BCUT2D eigenvalue weighted by molar-refractivity contribution is 5.88. The van der Waals surface area contributed by atoms with Crippen LogP contribution in [0.4, 0.5) is 13.2 Å². The van der Waals surface area contributed by atoms with Gasteiger partial charge < -0.3 is 9.84 Å². The molecule has 2 aromatic rings. The van der Waals surface area contributed by atoms with E-state index in [0.717, 1.165) is 24.8 Å². The maximum Gasteiger partial charge on any atom is 0.417 e. The quantitative estimate of drug-likeness (QED) is 0.924. The molecule has 0 aliphatic rings. The molecular formula is C13H12F3NO2. The molecule has 0 fully saturated rings. The van der Waals surface area contributed by atoms with E-state index in [4.69, 9.17) is 4.74 Å². The zero-order chi connectivity index (χ0) is 14.0. The van der Waals surface area contributed by atoms with E-state index in [1.165, 1.54) is 6.07 Å². The first-order chi connectivity index (χ1) is 8.93. The standard InChI is InChI=1S/C13H12F3NO2/c1-2-5-19-11-4-3-10(13(14,15)16)9-6-8(18)7-17-12(9)11/h3-4,6-7,18H,2,5H2,1H3. The number of hydrogen-bond acceptors (Lipinski definition) is 3. The fraction of sp³-hybridized carbons (Fsp3) is 0.308. The molecule has 6 heteroatoms. The number of pyridine rings is 1. The van der Waals surface area contributed by atoms with Crippen LogP contribution in [0.1, 0.15) is 18.9 Å². The van der Waals surface area contributed by atoms with Gasteiger partial charge in [0, 0.05) is 5.39 Å². The molecule has 0 unspecified atom stereocenters. The first-order valence-corrected chi connectivity index (χ1v) is 5.75. The van der Waals surface area contributed by atoms with Gasteiger partial charge in [0.05, 0.1) is 18.4 Å². The van der Waals surface area contributed by atoms with Gasteiger partial charge in [0.25, 0.3) is 0 Å². The van der Waals surface area contributed by atoms with Crippen LogP contribution in [0.5, 0.6) is 11.5 Å². The van der Waals surface area contributed by atoms with Crippen LogP contribution in [0.15, 0.2) is 24.4 Å². The lowest BCUT2D eigenvalue weighted by Crippen LogP contribution is -2.07. The van der Waals surface area contributed by atoms with Crippen molar-refractivity contribution >= 4 is 10.9 Å². The predicted molar refractivity (Wildman–Crippen MR) is 64.2 cm³/mol. The third kappa shape index (κ3) is 2.72. The van der Waals surface area contributed by atoms with Gasteiger partial charge >= 0.3 is 6.18 Å². The highest BCUT2D eigenvalue weighted by Crippen LogP contribution is 2.38. The van der Waals surface area contributed by atoms with Gasteiger partial charge in [0.2, 0.25) is 0 Å². The van der Waals surface area contributed by atoms with E-state index >= 15 is 0 Å². The Morgan fingerprint density at radius 3 is 2.68 bits per heavy atom. The number of aromatic hydroxyl groups is 1. The lowest BCUT2D eigenvalue weighted by Gasteiger charge is -2.13. The van der Waals surface area contributed by atoms with Crippen LogP contribution >= 0.6 is 0 Å². The molecule has 0 radical (unpaired) electrons. The predicted octanol–water partition coefficient (Wildman–Crippen LogP) is 3.75. The molecule has 0 bridgehead atoms. The lowest BCUT2D eigenvalue weighted by atomic mass is 10.1. The van der Waals surface area contributed by atoms with Crippen molar-refractivity contribution in [2.75, 3.05) is 6.61 Å². The van der Waals surface area contributed by atoms with Crippen LogP contribution in [0, 0.1) is 0 Å². The summed E-state index contributed by atoms with van der Waals surface area (Å²) in [6.07, 6.45) is -2.67. The topological polar surface area (TPSA) is 42.4 Å². The van der Waals surface area contributed by atoms with Gasteiger partial charge in [-0.05, 0) is 24.6 Å². The molecule has 0 aliphatic heterocycles. The fourth-order valence-electron chi connectivity index (χ4n) is 1.76. The van der Waals surface area contributed by atoms with Gasteiger partial charge in [-0.2, -0.15) is 13.2 Å². The summed E-state index contributed by atoms with van der Waals surface area (Å²) in [6, 6.07) is 3.24. The number of ether oxygens (including phenoxy) is 1. The third-order valence-electron chi connectivity index (χ3n) is 2.57. The average molecular weight is 271 g/mol. The summed E-state index contributed by atoms with van der Waals surface area (Å²) in [5, 5.41) is 9.15. The van der Waals surface area contributed by atoms with Crippen LogP contribution in [0.3, 0.4) is 0 Å². The van der Waals surface area contributed by atoms with Gasteiger partial charge in [0.1, 0.15) is 17.0 Å². The van der Waals surface area contributed by atoms with Crippen LogP contribution in [0.2, 0.25) is 0 Å². The normalized spacial score (nSPS) is 11.8. The van der Waals surface area contributed by atoms with Crippen molar-refractivity contribution < 1.29 is 23.0 Å². The second kappa shape index (κ2) is 4.95. The van der Waals surface area contributed by atoms with Gasteiger partial charge in [-0.15, -0.1) is 0 Å². The molecule has 1 aromatic carbocycles. The fourth-order valence-corrected chi connectivity index (χ4v) is 1.76. The molecular weight excluding hydrogens is 259 g/mol. The van der Waals surface area contributed by atoms with E-state index < -0.39 is 11.7 Å². The average Bonchev–Trinajstić information content (AvgIpc) is 2.34. The van der Waals surface area contributed by atoms with Crippen molar-refractivity contribution in [3.63, 3.8) is 0 Å². The van der Waals surface area contributed by atoms with Gasteiger partial charge in [0.15, 0.2) is 0 Å². The molecule has 2 rings (SSSR count). The highest BCUT2D eigenvalue weighted by Gasteiger charge is 2.33. The number of benzene rings is 1. The molecule has 0 spiro atoms. The second-order valence-electron chi connectivity index (χ2n) is 4.05. The van der Waals surface area contributed by atoms with E-state index in [-0.39, 0.29) is 22.4 Å². The molecule has 3 nitrogen and oxygen atoms in total. The van der Waals surface area contributed by atoms with E-state index in [9.17, 15) is 18.3 Å². The van der Waals surface area contributed by atoms with Crippen molar-refractivity contribution in [1.29, 1.82) is 0 Å². The molecule has 1 heterocycles. The molecule has 102 valence electrons. The Balaban J connectivity index is 2.65. The lowest BCUT2D eigenvalue weighted by molar-refractivity contribution is -0.136. The number of halogens is 3. The molecule has 0 saturated carbocycles. The Bertz CT molecular complexity index is 596. The first kappa shape index (κ1) is 13.5. The van der Waals surface area contributed by atoms with Crippen molar-refractivity contribution in [2.24, 2.45) is 0 Å². The molecule has 19 heavy (non-hydrogen) atoms. The van der Waals surface area contributed by atoms with Gasteiger partial charge in [-0.25, -0.2) is 4.98 Å². The van der Waals surface area contributed by atoms with E-state index in [2.05, 4.69) is 4.98 Å². The van der Waals surface area contributed by atoms with E-state index in [0.29, 0.717) is 6.61 Å². The summed E-state index contributed by atoms with van der Waals surface area (Å²) < 4.78 is 44.0. The summed E-state index contributed by atoms with van der Waals surface area (Å²) in [5.74, 6) is -0.0320. The number of fused-ring (bicyclic) bond motifs is 1. The van der Waals surface area contributed by atoms with Crippen molar-refractivity contribution in [2.45, 2.75) is 19.5 Å². The Kier molecular flexibility index (Phi) is 3.50.